The number of aromatic amines is 1. The topological polar surface area (TPSA) is 32.9 Å². The van der Waals surface area contributed by atoms with Crippen LogP contribution in [0.5, 0.6) is 0 Å². The van der Waals surface area contributed by atoms with Crippen molar-refractivity contribution >= 4 is 17.2 Å². The van der Waals surface area contributed by atoms with Gasteiger partial charge in [0, 0.05) is 22.7 Å². The largest absolute Gasteiger partial charge is 0.360 e. The average molecular weight is 153 g/mol. The second-order valence-electron chi connectivity index (χ2n) is 2.41. The minimum Gasteiger partial charge on any atom is -0.360 e. The Morgan fingerprint density at radius 3 is 2.91 bits per heavy atom. The van der Waals surface area contributed by atoms with Gasteiger partial charge in [0.2, 0.25) is 0 Å². The fraction of sp³-hybridized carbons (Fsp3) is 0. The highest BCUT2D eigenvalue weighted by Gasteiger charge is 1.98. The number of aldehydes is 1. The summed E-state index contributed by atoms with van der Waals surface area (Å²) >= 11 is 0. The lowest BCUT2D eigenvalue weighted by Gasteiger charge is -1.86. The van der Waals surface area contributed by atoms with E-state index in [1.807, 2.05) is 24.3 Å². The fourth-order valence-electron chi connectivity index (χ4n) is 1.19. The molecule has 0 unspecified atom stereocenters. The Bertz CT molecular complexity index is 389. The first-order valence-corrected chi connectivity index (χ1v) is 3.43. The van der Waals surface area contributed by atoms with Crippen molar-refractivity contribution in [2.24, 2.45) is 0 Å². The summed E-state index contributed by atoms with van der Waals surface area (Å²) in [5, 5.41) is 0.988. The number of aromatic nitrogens is 1. The molecule has 0 saturated carbocycles. The van der Waals surface area contributed by atoms with Gasteiger partial charge >= 0.3 is 0 Å². The summed E-state index contributed by atoms with van der Waals surface area (Å²) in [6, 6.07) is 7.73. The van der Waals surface area contributed by atoms with Gasteiger partial charge in [-0.3, -0.25) is 4.79 Å². The average Bonchev–Trinajstić information content (AvgIpc) is 2.47. The number of hydrogen-bond acceptors (Lipinski definition) is 1. The van der Waals surface area contributed by atoms with E-state index < -0.39 is 0 Å². The molecule has 0 saturated heterocycles. The Balaban J connectivity index is 2.86. The molecule has 2 rings (SSSR count). The summed E-state index contributed by atoms with van der Waals surface area (Å²) in [5.74, 6) is 0. The van der Waals surface area contributed by atoms with Crippen molar-refractivity contribution < 1.29 is 4.79 Å². The maximum atomic E-state index is 10.5. The summed E-state index contributed by atoms with van der Waals surface area (Å²) in [5.41, 5.74) is 1.73. The van der Waals surface area contributed by atoms with Crippen molar-refractivity contribution in [3.05, 3.63) is 36.0 Å². The van der Waals surface area contributed by atoms with Crippen LogP contribution in [0.1, 0.15) is 10.4 Å². The van der Waals surface area contributed by atoms with E-state index in [9.17, 15) is 4.79 Å². The van der Waals surface area contributed by atoms with Gasteiger partial charge in [0.25, 0.3) is 0 Å². The number of H-pyrrole nitrogens is 1. The van der Waals surface area contributed by atoms with E-state index in [-0.39, 0.29) is 0 Å². The highest BCUT2D eigenvalue weighted by molar-refractivity contribution is 5.96. The number of nitrogens with one attached hydrogen (secondary N) is 1. The Kier molecular flexibility index (Phi) is 1.25. The monoisotopic (exact) mass is 153 g/mol. The van der Waals surface area contributed by atoms with Crippen LogP contribution >= 0.6 is 0 Å². The van der Waals surface area contributed by atoms with E-state index in [2.05, 4.69) is 4.98 Å². The molecule has 0 amide bonds. The third-order valence-corrected chi connectivity index (χ3v) is 1.75. The molecular weight excluding hydrogens is 146 g/mol. The Morgan fingerprint density at radius 2 is 2.09 bits per heavy atom. The summed E-state index contributed by atoms with van der Waals surface area (Å²) < 4.78 is 0. The van der Waals surface area contributed by atoms with Crippen molar-refractivity contribution in [1.29, 1.82) is 0 Å². The van der Waals surface area contributed by atoms with Crippen molar-refractivity contribution in [2.75, 3.05) is 0 Å². The van der Waals surface area contributed by atoms with Gasteiger partial charge < -0.3 is 4.98 Å². The summed E-state index contributed by atoms with van der Waals surface area (Å²) in [4.78, 5) is 13.5. The SMILES string of the molecule is O=C[13c]1[13cH][nH][13c]2[13cH][13cH][13cH][13cH][13c]12. The zero-order chi connectivity index (χ0) is 7.68. The highest BCUT2D eigenvalue weighted by Crippen LogP contribution is 2.14. The van der Waals surface area contributed by atoms with E-state index in [1.165, 1.54) is 0 Å². The van der Waals surface area contributed by atoms with E-state index in [4.69, 9.17) is 0 Å². The molecule has 1 aromatic heterocycles. The number of rotatable bonds is 1. The minimum absolute atomic E-state index is 0.723. The van der Waals surface area contributed by atoms with Crippen LogP contribution in [-0.4, -0.2) is 11.3 Å². The molecule has 1 aromatic carbocycles. The molecule has 2 nitrogen and oxygen atoms in total. The summed E-state index contributed by atoms with van der Waals surface area (Å²) in [7, 11) is 0. The van der Waals surface area contributed by atoms with Crippen LogP contribution in [0.3, 0.4) is 0 Å². The first kappa shape index (κ1) is 6.16. The van der Waals surface area contributed by atoms with Gasteiger partial charge in [-0.15, -0.1) is 0 Å². The standard InChI is InChI=1S/C9H7NO/c11-6-7-5-10-9-4-2-1-3-8(7)9/h1-6,10H/i1+1,2+1,3+1,4+1,5+1,7+1,8+1,9+1. The third-order valence-electron chi connectivity index (χ3n) is 1.75. The lowest BCUT2D eigenvalue weighted by molar-refractivity contribution is 0.112. The smallest absolute Gasteiger partial charge is 0.152 e. The van der Waals surface area contributed by atoms with E-state index in [0.717, 1.165) is 22.8 Å². The molecule has 1 N–H and O–H groups in total. The molecule has 0 aliphatic carbocycles. The predicted molar refractivity (Wildman–Crippen MR) is 43.7 cm³/mol. The number of para-hydroxylation sites is 1. The normalized spacial score (nSPS) is 10.2. The molecule has 0 spiro atoms. The van der Waals surface area contributed by atoms with Crippen molar-refractivity contribution in [2.45, 2.75) is 0 Å². The molecule has 0 fully saturated rings. The number of carbonyl (C=O) groups excluding carboxylic acids is 1. The first-order valence-electron chi connectivity index (χ1n) is 3.43. The number of benzene rings is 1. The number of fused-ring (bicyclic) bond motifs is 1. The van der Waals surface area contributed by atoms with E-state index in [0.29, 0.717) is 0 Å². The molecular formula is C9H7NO. The number of carbonyl (C=O) groups is 1. The van der Waals surface area contributed by atoms with Crippen LogP contribution < -0.4 is 0 Å². The molecule has 11 heavy (non-hydrogen) atoms. The van der Waals surface area contributed by atoms with Crippen molar-refractivity contribution in [3.63, 3.8) is 0 Å². The molecule has 0 bridgehead atoms. The predicted octanol–water partition coefficient (Wildman–Crippen LogP) is 1.98. The maximum Gasteiger partial charge on any atom is 0.152 e. The van der Waals surface area contributed by atoms with Gasteiger partial charge in [-0.25, -0.2) is 0 Å². The first-order chi connectivity index (χ1) is 5.42. The van der Waals surface area contributed by atoms with E-state index >= 15 is 0 Å². The van der Waals surface area contributed by atoms with Gasteiger partial charge in [0.05, 0.1) is 0 Å². The van der Waals surface area contributed by atoms with Crippen molar-refractivity contribution in [3.8, 4) is 0 Å². The molecule has 2 heteroatoms. The fourth-order valence-corrected chi connectivity index (χ4v) is 1.19. The number of hydrogen-bond donors (Lipinski definition) is 1. The summed E-state index contributed by atoms with van der Waals surface area (Å²) in [6.07, 6.45) is 2.58. The maximum absolute atomic E-state index is 10.5. The Hall–Kier alpha value is -1.57. The van der Waals surface area contributed by atoms with Crippen LogP contribution in [0, 0.1) is 0 Å². The van der Waals surface area contributed by atoms with Crippen LogP contribution in [0.4, 0.5) is 0 Å². The second-order valence-corrected chi connectivity index (χ2v) is 2.41. The molecule has 1 heterocycles. The van der Waals surface area contributed by atoms with Gasteiger partial charge in [-0.2, -0.15) is 0 Å². The summed E-state index contributed by atoms with van der Waals surface area (Å²) in [6.45, 7) is 0. The molecule has 0 aliphatic rings. The Labute approximate surface area is 63.8 Å². The Morgan fingerprint density at radius 1 is 1.27 bits per heavy atom. The zero-order valence-corrected chi connectivity index (χ0v) is 5.87. The van der Waals surface area contributed by atoms with Crippen LogP contribution in [-0.2, 0) is 0 Å². The molecule has 2 aromatic rings. The molecule has 0 radical (unpaired) electrons. The molecule has 54 valence electrons. The van der Waals surface area contributed by atoms with E-state index in [1.54, 1.807) is 6.20 Å². The van der Waals surface area contributed by atoms with Gasteiger partial charge in [0.15, 0.2) is 6.29 Å². The zero-order valence-electron chi connectivity index (χ0n) is 5.87. The van der Waals surface area contributed by atoms with Crippen LogP contribution in [0.2, 0.25) is 0 Å². The van der Waals surface area contributed by atoms with Gasteiger partial charge in [-0.05, 0) is 6.07 Å². The quantitative estimate of drug-likeness (QED) is 0.624. The van der Waals surface area contributed by atoms with Gasteiger partial charge in [-0.1, -0.05) is 18.2 Å². The third kappa shape index (κ3) is 0.835. The lowest BCUT2D eigenvalue weighted by atomic mass is 11.0. The molecule has 0 atom stereocenters. The van der Waals surface area contributed by atoms with Crippen LogP contribution in [0.15, 0.2) is 30.5 Å². The highest BCUT2D eigenvalue weighted by atomic mass is 16.1. The van der Waals surface area contributed by atoms with Crippen LogP contribution in [0.25, 0.3) is 10.9 Å². The van der Waals surface area contributed by atoms with Gasteiger partial charge in [0.1, 0.15) is 0 Å². The lowest BCUT2D eigenvalue weighted by Crippen LogP contribution is -1.72. The second kappa shape index (κ2) is 2.23. The minimum atomic E-state index is 0.723. The van der Waals surface area contributed by atoms with Crippen molar-refractivity contribution in [1.82, 2.24) is 4.98 Å². The molecule has 0 aliphatic heterocycles.